The van der Waals surface area contributed by atoms with Crippen molar-refractivity contribution in [1.29, 1.82) is 0 Å². The highest BCUT2D eigenvalue weighted by atomic mass is 15.2. The molecule has 2 heterocycles. The molecule has 2 aromatic heterocycles. The van der Waals surface area contributed by atoms with Crippen LogP contribution in [0.15, 0.2) is 54.1 Å². The van der Waals surface area contributed by atoms with Crippen LogP contribution in [-0.4, -0.2) is 22.4 Å². The van der Waals surface area contributed by atoms with Crippen LogP contribution in [0.1, 0.15) is 19.4 Å². The van der Waals surface area contributed by atoms with Crippen LogP contribution in [0.25, 0.3) is 11.2 Å². The highest BCUT2D eigenvalue weighted by Crippen LogP contribution is 2.15. The minimum Gasteiger partial charge on any atom is -0.398 e. The Morgan fingerprint density at radius 1 is 1.52 bits per heavy atom. The molecule has 2 rings (SSSR count). The molecule has 0 fully saturated rings. The summed E-state index contributed by atoms with van der Waals surface area (Å²) >= 11 is 0. The molecule has 0 atom stereocenters. The van der Waals surface area contributed by atoms with Gasteiger partial charge in [0, 0.05) is 30.2 Å². The number of nitrogens with zero attached hydrogens (tertiary/aromatic N) is 3. The molecule has 0 bridgehead atoms. The zero-order chi connectivity index (χ0) is 15.2. The highest BCUT2D eigenvalue weighted by molar-refractivity contribution is 5.87. The Morgan fingerprint density at radius 2 is 2.33 bits per heavy atom. The van der Waals surface area contributed by atoms with Crippen molar-refractivity contribution in [3.63, 3.8) is 0 Å². The van der Waals surface area contributed by atoms with Gasteiger partial charge in [0.15, 0.2) is 0 Å². The number of aliphatic imine (C=N–C) groups is 1. The van der Waals surface area contributed by atoms with Gasteiger partial charge in [0.1, 0.15) is 5.82 Å². The second-order valence-electron chi connectivity index (χ2n) is 5.21. The van der Waals surface area contributed by atoms with Crippen molar-refractivity contribution in [2.24, 2.45) is 16.6 Å². The van der Waals surface area contributed by atoms with Crippen LogP contribution in [0, 0.1) is 5.92 Å². The predicted molar refractivity (Wildman–Crippen MR) is 87.8 cm³/mol. The Bertz CT molecular complexity index is 679. The first-order chi connectivity index (χ1) is 10.1. The van der Waals surface area contributed by atoms with Crippen LogP contribution in [-0.2, 0) is 0 Å². The lowest BCUT2D eigenvalue weighted by Crippen LogP contribution is -2.17. The van der Waals surface area contributed by atoms with Gasteiger partial charge in [-0.25, -0.2) is 9.51 Å². The molecule has 0 aliphatic heterocycles. The quantitative estimate of drug-likeness (QED) is 0.800. The van der Waals surface area contributed by atoms with Crippen LogP contribution in [0.2, 0.25) is 0 Å². The zero-order valence-electron chi connectivity index (χ0n) is 12.5. The largest absolute Gasteiger partial charge is 0.398 e. The topological polar surface area (TPSA) is 67.7 Å². The Labute approximate surface area is 124 Å². The number of nitrogens with one attached hydrogen (secondary N) is 1. The molecule has 3 N–H and O–H groups in total. The summed E-state index contributed by atoms with van der Waals surface area (Å²) < 4.78 is 1.79. The minimum atomic E-state index is 0.552. The van der Waals surface area contributed by atoms with E-state index in [1.807, 2.05) is 24.4 Å². The summed E-state index contributed by atoms with van der Waals surface area (Å²) in [6.45, 7) is 8.96. The molecule has 2 aromatic rings. The van der Waals surface area contributed by atoms with Crippen molar-refractivity contribution in [3.8, 4) is 0 Å². The number of aromatic nitrogens is 2. The first kappa shape index (κ1) is 14.8. The smallest absolute Gasteiger partial charge is 0.118 e. The SMILES string of the molecule is C=C(/N=C\C=C(/N)c1cnn2ccccc12)NCC(C)C. The molecule has 21 heavy (non-hydrogen) atoms. The maximum absolute atomic E-state index is 6.08. The lowest BCUT2D eigenvalue weighted by Gasteiger charge is -2.06. The average Bonchev–Trinajstić information content (AvgIpc) is 2.89. The van der Waals surface area contributed by atoms with E-state index in [9.17, 15) is 0 Å². The summed E-state index contributed by atoms with van der Waals surface area (Å²) in [7, 11) is 0. The molecular weight excluding hydrogens is 262 g/mol. The van der Waals surface area contributed by atoms with E-state index in [0.29, 0.717) is 17.4 Å². The molecule has 0 amide bonds. The van der Waals surface area contributed by atoms with Gasteiger partial charge in [0.25, 0.3) is 0 Å². The third-order valence-electron chi connectivity index (χ3n) is 2.94. The van der Waals surface area contributed by atoms with Crippen LogP contribution in [0.5, 0.6) is 0 Å². The molecule has 0 aliphatic carbocycles. The number of fused-ring (bicyclic) bond motifs is 1. The second-order valence-corrected chi connectivity index (χ2v) is 5.21. The molecule has 0 unspecified atom stereocenters. The lowest BCUT2D eigenvalue weighted by molar-refractivity contribution is 0.595. The van der Waals surface area contributed by atoms with Crippen LogP contribution >= 0.6 is 0 Å². The van der Waals surface area contributed by atoms with Gasteiger partial charge in [0.2, 0.25) is 0 Å². The standard InChI is InChI=1S/C16H21N5/c1-12(2)10-19-13(3)18-8-7-15(17)14-11-20-21-9-5-4-6-16(14)21/h4-9,11-12,19H,3,10,17H2,1-2H3/b15-7-,18-8-. The molecule has 110 valence electrons. The highest BCUT2D eigenvalue weighted by Gasteiger charge is 2.04. The Morgan fingerprint density at radius 3 is 3.10 bits per heavy atom. The summed E-state index contributed by atoms with van der Waals surface area (Å²) in [5, 5.41) is 7.39. The third kappa shape index (κ3) is 3.95. The van der Waals surface area contributed by atoms with E-state index in [1.165, 1.54) is 0 Å². The Balaban J connectivity index is 2.06. The van der Waals surface area contributed by atoms with Crippen LogP contribution in [0.4, 0.5) is 0 Å². The van der Waals surface area contributed by atoms with Crippen molar-refractivity contribution < 1.29 is 0 Å². The maximum Gasteiger partial charge on any atom is 0.118 e. The number of rotatable bonds is 6. The Kier molecular flexibility index (Phi) is 4.77. The van der Waals surface area contributed by atoms with Gasteiger partial charge in [0.05, 0.1) is 11.7 Å². The molecular formula is C16H21N5. The molecule has 0 spiro atoms. The summed E-state index contributed by atoms with van der Waals surface area (Å²) in [5.41, 5.74) is 8.56. The van der Waals surface area contributed by atoms with Gasteiger partial charge in [-0.05, 0) is 24.1 Å². The van der Waals surface area contributed by atoms with E-state index < -0.39 is 0 Å². The van der Waals surface area contributed by atoms with Gasteiger partial charge >= 0.3 is 0 Å². The molecule has 0 saturated carbocycles. The fourth-order valence-corrected chi connectivity index (χ4v) is 1.82. The second kappa shape index (κ2) is 6.74. The van der Waals surface area contributed by atoms with Crippen molar-refractivity contribution in [2.45, 2.75) is 13.8 Å². The first-order valence-electron chi connectivity index (χ1n) is 6.93. The zero-order valence-corrected chi connectivity index (χ0v) is 12.5. The summed E-state index contributed by atoms with van der Waals surface area (Å²) in [5.74, 6) is 1.18. The van der Waals surface area contributed by atoms with Gasteiger partial charge in [-0.1, -0.05) is 26.5 Å². The fourth-order valence-electron chi connectivity index (χ4n) is 1.82. The summed E-state index contributed by atoms with van der Waals surface area (Å²) in [4.78, 5) is 4.21. The van der Waals surface area contributed by atoms with Crippen molar-refractivity contribution in [1.82, 2.24) is 14.9 Å². The Hall–Kier alpha value is -2.56. The normalized spacial score (nSPS) is 12.4. The number of hydrogen-bond donors (Lipinski definition) is 2. The molecule has 0 aliphatic rings. The van der Waals surface area contributed by atoms with E-state index in [0.717, 1.165) is 17.6 Å². The summed E-state index contributed by atoms with van der Waals surface area (Å²) in [6.07, 6.45) is 7.04. The maximum atomic E-state index is 6.08. The number of pyridine rings is 1. The third-order valence-corrected chi connectivity index (χ3v) is 2.94. The van der Waals surface area contributed by atoms with E-state index in [-0.39, 0.29) is 0 Å². The van der Waals surface area contributed by atoms with E-state index in [2.05, 4.69) is 35.8 Å². The molecule has 0 radical (unpaired) electrons. The molecule has 5 nitrogen and oxygen atoms in total. The van der Waals surface area contributed by atoms with Crippen molar-refractivity contribution in [2.75, 3.05) is 6.54 Å². The summed E-state index contributed by atoms with van der Waals surface area (Å²) in [6, 6.07) is 5.86. The average molecular weight is 283 g/mol. The number of nitrogens with two attached hydrogens (primary N) is 1. The van der Waals surface area contributed by atoms with E-state index >= 15 is 0 Å². The molecule has 0 aromatic carbocycles. The van der Waals surface area contributed by atoms with Crippen molar-refractivity contribution in [3.05, 3.63) is 54.6 Å². The van der Waals surface area contributed by atoms with Crippen LogP contribution < -0.4 is 11.1 Å². The molecule has 0 saturated heterocycles. The van der Waals surface area contributed by atoms with E-state index in [4.69, 9.17) is 5.73 Å². The monoisotopic (exact) mass is 283 g/mol. The van der Waals surface area contributed by atoms with Gasteiger partial charge in [-0.2, -0.15) is 5.10 Å². The lowest BCUT2D eigenvalue weighted by atomic mass is 10.2. The molecule has 5 heteroatoms. The number of hydrogen-bond acceptors (Lipinski definition) is 4. The van der Waals surface area contributed by atoms with Crippen LogP contribution in [0.3, 0.4) is 0 Å². The first-order valence-corrected chi connectivity index (χ1v) is 6.93. The van der Waals surface area contributed by atoms with Gasteiger partial charge in [-0.15, -0.1) is 0 Å². The van der Waals surface area contributed by atoms with E-state index in [1.54, 1.807) is 23.0 Å². The fraction of sp³-hybridized carbons (Fsp3) is 0.250. The van der Waals surface area contributed by atoms with Gasteiger partial charge < -0.3 is 11.1 Å². The minimum absolute atomic E-state index is 0.552. The number of allylic oxidation sites excluding steroid dienone is 1. The van der Waals surface area contributed by atoms with Crippen molar-refractivity contribution >= 4 is 17.4 Å². The predicted octanol–water partition coefficient (Wildman–Crippen LogP) is 2.42. The van der Waals surface area contributed by atoms with Gasteiger partial charge in [-0.3, -0.25) is 0 Å².